The maximum atomic E-state index is 12.8. The number of likely N-dealkylation sites (N-methyl/N-ethyl adjacent to an activating group) is 1. The smallest absolute Gasteiger partial charge is 0.335 e. The molecule has 0 aliphatic carbocycles. The van der Waals surface area contributed by atoms with Crippen LogP contribution in [0.2, 0.25) is 10.0 Å². The van der Waals surface area contributed by atoms with E-state index in [0.29, 0.717) is 41.4 Å². The van der Waals surface area contributed by atoms with Crippen LogP contribution in [0.1, 0.15) is 35.6 Å². The molecule has 3 heterocycles. The van der Waals surface area contributed by atoms with Crippen molar-refractivity contribution in [1.29, 1.82) is 0 Å². The van der Waals surface area contributed by atoms with E-state index in [1.165, 1.54) is 64.8 Å². The molecule has 2 aromatic heterocycles. The molecule has 78 heavy (non-hydrogen) atoms. The van der Waals surface area contributed by atoms with Gasteiger partial charge in [-0.25, -0.2) is 49.8 Å². The van der Waals surface area contributed by atoms with Crippen LogP contribution in [0, 0.1) is 0 Å². The molecule has 0 radical (unpaired) electrons. The van der Waals surface area contributed by atoms with Gasteiger partial charge in [-0.2, -0.15) is 9.97 Å². The van der Waals surface area contributed by atoms with Crippen molar-refractivity contribution in [1.82, 2.24) is 38.3 Å². The number of anilines is 8. The lowest BCUT2D eigenvalue weighted by Crippen LogP contribution is -2.47. The molecule has 6 aromatic rings. The fourth-order valence-corrected chi connectivity index (χ4v) is 8.74. The number of carbonyl (C=O) groups is 4. The van der Waals surface area contributed by atoms with Crippen LogP contribution in [-0.2, 0) is 29.6 Å². The molecule has 0 saturated carbocycles. The maximum absolute atomic E-state index is 12.8. The summed E-state index contributed by atoms with van der Waals surface area (Å²) in [4.78, 5) is 64.5. The number of carboxylic acid groups (broad SMARTS) is 3. The van der Waals surface area contributed by atoms with Crippen LogP contribution >= 0.6 is 23.2 Å². The Morgan fingerprint density at radius 1 is 0.564 bits per heavy atom. The van der Waals surface area contributed by atoms with Gasteiger partial charge in [0.15, 0.2) is 23.8 Å². The number of benzene rings is 4. The third-order valence-corrected chi connectivity index (χ3v) is 15.0. The first kappa shape index (κ1) is 64.7. The first-order valence-electron chi connectivity index (χ1n) is 22.2. The molecule has 2 atom stereocenters. The minimum absolute atomic E-state index is 0. The van der Waals surface area contributed by atoms with Crippen molar-refractivity contribution in [2.75, 3.05) is 82.7 Å². The van der Waals surface area contributed by atoms with Crippen molar-refractivity contribution in [2.45, 2.75) is 36.9 Å². The van der Waals surface area contributed by atoms with Crippen LogP contribution in [-0.4, -0.2) is 178 Å². The molecule has 4 aromatic carbocycles. The van der Waals surface area contributed by atoms with Crippen LogP contribution in [0.4, 0.5) is 46.3 Å². The number of aromatic carboxylic acids is 1. The van der Waals surface area contributed by atoms with E-state index in [1.807, 2.05) is 11.9 Å². The van der Waals surface area contributed by atoms with Gasteiger partial charge in [0.2, 0.25) is 31.9 Å². The number of nitrogens with zero attached hydrogens (tertiary/aromatic N) is 8. The minimum Gasteiger partial charge on any atom is -0.479 e. The number of rotatable bonds is 17. The number of aliphatic hydroxyl groups is 2. The molecular formula is C49H60Cl2N12O13S2. The third kappa shape index (κ3) is 17.2. The van der Waals surface area contributed by atoms with Crippen LogP contribution in [0.25, 0.3) is 0 Å². The van der Waals surface area contributed by atoms with E-state index in [2.05, 4.69) is 46.1 Å². The number of aliphatic carboxylic acids is 2. The summed E-state index contributed by atoms with van der Waals surface area (Å²) in [7, 11) is 0.500. The quantitative estimate of drug-likeness (QED) is 0.0508. The summed E-state index contributed by atoms with van der Waals surface area (Å²) in [6.45, 7) is 3.15. The molecule has 1 saturated heterocycles. The first-order valence-corrected chi connectivity index (χ1v) is 25.8. The third-order valence-electron chi connectivity index (χ3n) is 10.7. The number of amides is 1. The number of hydrogen-bond donors (Lipinski definition) is 9. The van der Waals surface area contributed by atoms with Gasteiger partial charge in [0.25, 0.3) is 5.91 Å². The highest BCUT2D eigenvalue weighted by atomic mass is 35.5. The van der Waals surface area contributed by atoms with Crippen molar-refractivity contribution in [2.24, 2.45) is 0 Å². The van der Waals surface area contributed by atoms with E-state index >= 15 is 0 Å². The van der Waals surface area contributed by atoms with Gasteiger partial charge in [-0.3, -0.25) is 4.79 Å². The average Bonchev–Trinajstić information content (AvgIpc) is 3.40. The first-order chi connectivity index (χ1) is 35.8. The molecule has 29 heteroatoms. The van der Waals surface area contributed by atoms with Gasteiger partial charge in [-0.05, 0) is 79.8 Å². The van der Waals surface area contributed by atoms with E-state index in [1.54, 1.807) is 72.8 Å². The van der Waals surface area contributed by atoms with Crippen molar-refractivity contribution in [3.63, 3.8) is 0 Å². The topological polar surface area (TPSA) is 350 Å². The van der Waals surface area contributed by atoms with Crippen LogP contribution in [0.15, 0.2) is 119 Å². The minimum atomic E-state index is -3.69. The molecular weight excluding hydrogens is 1100 g/mol. The monoisotopic (exact) mass is 1160 g/mol. The molecule has 1 amide bonds. The fourth-order valence-electron chi connectivity index (χ4n) is 6.38. The van der Waals surface area contributed by atoms with E-state index in [-0.39, 0.29) is 69.7 Å². The SMILES string of the molecule is C.C.CN(C)S(=O)(=O)c1ccccc1Nc1nc(Nc2ccc(C(=O)O)cc2)ncc1Cl.CN1CCN(C(=O)c2ccc(Nc3ncc(Cl)c(Nc4ccccc4S(=O)(=O)N(C)C)n3)cc2)CC1.O=C(O)[C@H](O)[C@@H](O)C(=O)O. The van der Waals surface area contributed by atoms with Crippen LogP contribution < -0.4 is 21.3 Å². The van der Waals surface area contributed by atoms with E-state index in [4.69, 9.17) is 48.7 Å². The van der Waals surface area contributed by atoms with Gasteiger partial charge in [-0.15, -0.1) is 0 Å². The number of aliphatic hydroxyl groups excluding tert-OH is 2. The van der Waals surface area contributed by atoms with Crippen LogP contribution in [0.3, 0.4) is 0 Å². The molecule has 1 aliphatic rings. The standard InChI is InChI=1S/C24H28ClN7O3S.C19H18ClN5O4S.C4H6O6.2CH4/c1-30(2)36(34,35)21-7-5-4-6-20(21)28-22-19(25)16-26-24(29-22)27-18-10-8-17(9-11-18)23(33)32-14-12-31(3)13-15-32;1-25(2)30(28,29)16-6-4-3-5-15(16)23-17-14(20)11-21-19(24-17)22-13-9-7-12(8-10-13)18(26)27;5-1(3(7)8)2(6)4(9)10;;/h4-11,16H,12-15H2,1-3H3,(H2,26,27,28,29);3-11H,1-2H3,(H,26,27)(H2,21,22,23,24);1-2,5-6H,(H,7,8)(H,9,10);2*1H4/t;;1-,2-;;/m..1../s1. The molecule has 0 bridgehead atoms. The number of carboxylic acids is 3. The Hall–Kier alpha value is -7.60. The second kappa shape index (κ2) is 28.7. The summed E-state index contributed by atoms with van der Waals surface area (Å²) in [6.07, 6.45) is -1.74. The van der Waals surface area contributed by atoms with E-state index in [0.717, 1.165) is 21.7 Å². The summed E-state index contributed by atoms with van der Waals surface area (Å²) in [5.74, 6) is -3.65. The largest absolute Gasteiger partial charge is 0.479 e. The summed E-state index contributed by atoms with van der Waals surface area (Å²) in [5.41, 5.74) is 2.67. The predicted molar refractivity (Wildman–Crippen MR) is 296 cm³/mol. The number of para-hydroxylation sites is 2. The second-order valence-corrected chi connectivity index (χ2v) is 21.5. The molecule has 0 spiro atoms. The lowest BCUT2D eigenvalue weighted by Gasteiger charge is -2.32. The van der Waals surface area contributed by atoms with Crippen molar-refractivity contribution in [3.8, 4) is 0 Å². The molecule has 7 rings (SSSR count). The van der Waals surface area contributed by atoms with Crippen molar-refractivity contribution < 1.29 is 61.5 Å². The number of carbonyl (C=O) groups excluding carboxylic acids is 1. The molecule has 9 N–H and O–H groups in total. The molecule has 420 valence electrons. The Morgan fingerprint density at radius 2 is 0.923 bits per heavy atom. The summed E-state index contributed by atoms with van der Waals surface area (Å²) in [6, 6.07) is 26.1. The summed E-state index contributed by atoms with van der Waals surface area (Å²) >= 11 is 12.5. The summed E-state index contributed by atoms with van der Waals surface area (Å²) < 4.78 is 52.8. The fraction of sp³-hybridized carbons (Fsp3) is 0.265. The normalized spacial score (nSPS) is 13.1. The summed E-state index contributed by atoms with van der Waals surface area (Å²) in [5, 5.41) is 53.9. The maximum Gasteiger partial charge on any atom is 0.335 e. The highest BCUT2D eigenvalue weighted by Gasteiger charge is 2.29. The highest BCUT2D eigenvalue weighted by Crippen LogP contribution is 2.32. The molecule has 1 aliphatic heterocycles. The Morgan fingerprint density at radius 3 is 1.27 bits per heavy atom. The highest BCUT2D eigenvalue weighted by molar-refractivity contribution is 7.89. The van der Waals surface area contributed by atoms with Gasteiger partial charge in [0, 0.05) is 71.3 Å². The zero-order valence-electron chi connectivity index (χ0n) is 41.0. The van der Waals surface area contributed by atoms with Gasteiger partial charge < -0.3 is 56.6 Å². The van der Waals surface area contributed by atoms with Gasteiger partial charge in [0.05, 0.1) is 29.3 Å². The Bertz CT molecular complexity index is 3250. The number of piperazine rings is 1. The van der Waals surface area contributed by atoms with E-state index in [9.17, 15) is 36.0 Å². The van der Waals surface area contributed by atoms with Crippen molar-refractivity contribution in [3.05, 3.63) is 131 Å². The van der Waals surface area contributed by atoms with Gasteiger partial charge >= 0.3 is 17.9 Å². The number of hydrogen-bond acceptors (Lipinski definition) is 19. The number of aromatic nitrogens is 4. The zero-order valence-corrected chi connectivity index (χ0v) is 44.2. The van der Waals surface area contributed by atoms with Gasteiger partial charge in [-0.1, -0.05) is 62.3 Å². The lowest BCUT2D eigenvalue weighted by molar-refractivity contribution is -0.165. The Kier molecular flexibility index (Phi) is 23.8. The number of nitrogens with one attached hydrogen (secondary N) is 4. The zero-order chi connectivity index (χ0) is 56.1. The Labute approximate surface area is 461 Å². The van der Waals surface area contributed by atoms with Crippen LogP contribution in [0.5, 0.6) is 0 Å². The Balaban J connectivity index is 0.000000346. The molecule has 25 nitrogen and oxygen atoms in total. The lowest BCUT2D eigenvalue weighted by atomic mass is 10.1. The number of sulfonamides is 2. The molecule has 0 unspecified atom stereocenters. The van der Waals surface area contributed by atoms with E-state index < -0.39 is 50.2 Å². The predicted octanol–water partition coefficient (Wildman–Crippen LogP) is 5.97. The van der Waals surface area contributed by atoms with Crippen molar-refractivity contribution >= 4 is 113 Å². The second-order valence-electron chi connectivity index (χ2n) is 16.5. The van der Waals surface area contributed by atoms with Gasteiger partial charge in [0.1, 0.15) is 19.8 Å². The average molecular weight is 1160 g/mol. The number of halogens is 2. The molecule has 1 fully saturated rings.